The molecule has 0 aromatic heterocycles. The van der Waals surface area contributed by atoms with E-state index in [2.05, 4.69) is 27.9 Å². The maximum Gasteiger partial charge on any atom is 0.417 e. The second-order valence-corrected chi connectivity index (χ2v) is 7.60. The highest BCUT2D eigenvalue weighted by molar-refractivity contribution is 9.10. The molecule has 0 aliphatic carbocycles. The second-order valence-electron chi connectivity index (χ2n) is 6.69. The molecule has 7 heteroatoms. The molecular weight excluding hydrogens is 397 g/mol. The SMILES string of the molecule is CN1CCCC1.C[C@@H]1CCCN1C(=O)c1ccc(Br)cc1C(F)(F)F. The summed E-state index contributed by atoms with van der Waals surface area (Å²) in [6.45, 7) is 5.02. The Hall–Kier alpha value is -1.08. The van der Waals surface area contributed by atoms with Crippen molar-refractivity contribution in [3.05, 3.63) is 33.8 Å². The molecule has 1 aromatic rings. The van der Waals surface area contributed by atoms with Crippen molar-refractivity contribution < 1.29 is 18.0 Å². The monoisotopic (exact) mass is 420 g/mol. The van der Waals surface area contributed by atoms with Crippen LogP contribution in [-0.4, -0.2) is 48.4 Å². The van der Waals surface area contributed by atoms with Gasteiger partial charge in [0.25, 0.3) is 5.91 Å². The minimum atomic E-state index is -4.53. The van der Waals surface area contributed by atoms with Crippen molar-refractivity contribution in [2.24, 2.45) is 0 Å². The molecule has 2 saturated heterocycles. The highest BCUT2D eigenvalue weighted by Crippen LogP contribution is 2.35. The van der Waals surface area contributed by atoms with Crippen LogP contribution in [0, 0.1) is 0 Å². The minimum absolute atomic E-state index is 0.00256. The zero-order valence-corrected chi connectivity index (χ0v) is 16.2. The van der Waals surface area contributed by atoms with Crippen LogP contribution in [0.3, 0.4) is 0 Å². The summed E-state index contributed by atoms with van der Waals surface area (Å²) in [5.41, 5.74) is -1.16. The normalized spacial score (nSPS) is 21.2. The van der Waals surface area contributed by atoms with Crippen LogP contribution in [0.2, 0.25) is 0 Å². The highest BCUT2D eigenvalue weighted by atomic mass is 79.9. The number of carbonyl (C=O) groups is 1. The van der Waals surface area contributed by atoms with Gasteiger partial charge in [-0.15, -0.1) is 0 Å². The fourth-order valence-corrected chi connectivity index (χ4v) is 3.56. The van der Waals surface area contributed by atoms with E-state index in [4.69, 9.17) is 0 Å². The molecule has 1 atom stereocenters. The molecule has 25 heavy (non-hydrogen) atoms. The van der Waals surface area contributed by atoms with Gasteiger partial charge in [-0.3, -0.25) is 4.79 Å². The summed E-state index contributed by atoms with van der Waals surface area (Å²) in [5.74, 6) is -0.537. The van der Waals surface area contributed by atoms with Gasteiger partial charge in [-0.05, 0) is 70.9 Å². The van der Waals surface area contributed by atoms with E-state index in [1.165, 1.54) is 43.0 Å². The third kappa shape index (κ3) is 5.45. The lowest BCUT2D eigenvalue weighted by Gasteiger charge is -2.23. The Morgan fingerprint density at radius 3 is 2.24 bits per heavy atom. The first-order valence-corrected chi connectivity index (χ1v) is 9.35. The number of likely N-dealkylation sites (tertiary alicyclic amines) is 2. The molecule has 1 aromatic carbocycles. The molecule has 140 valence electrons. The number of carbonyl (C=O) groups excluding carboxylic acids is 1. The van der Waals surface area contributed by atoms with Crippen molar-refractivity contribution in [1.29, 1.82) is 0 Å². The van der Waals surface area contributed by atoms with Gasteiger partial charge in [0.15, 0.2) is 0 Å². The van der Waals surface area contributed by atoms with E-state index in [0.717, 1.165) is 18.9 Å². The highest BCUT2D eigenvalue weighted by Gasteiger charge is 2.37. The Bertz CT molecular complexity index is 600. The number of hydrogen-bond donors (Lipinski definition) is 0. The van der Waals surface area contributed by atoms with Crippen LogP contribution in [-0.2, 0) is 6.18 Å². The number of alkyl halides is 3. The van der Waals surface area contributed by atoms with Crippen molar-refractivity contribution in [2.45, 2.75) is 44.8 Å². The lowest BCUT2D eigenvalue weighted by molar-refractivity contribution is -0.138. The summed E-state index contributed by atoms with van der Waals surface area (Å²) in [4.78, 5) is 16.1. The van der Waals surface area contributed by atoms with Crippen LogP contribution in [0.15, 0.2) is 22.7 Å². The Morgan fingerprint density at radius 2 is 1.80 bits per heavy atom. The van der Waals surface area contributed by atoms with Gasteiger partial charge in [-0.1, -0.05) is 15.9 Å². The van der Waals surface area contributed by atoms with Gasteiger partial charge >= 0.3 is 6.18 Å². The molecule has 0 bridgehead atoms. The van der Waals surface area contributed by atoms with E-state index in [0.29, 0.717) is 11.0 Å². The van der Waals surface area contributed by atoms with Gasteiger partial charge in [0.1, 0.15) is 0 Å². The summed E-state index contributed by atoms with van der Waals surface area (Å²) in [7, 11) is 2.17. The molecule has 2 fully saturated rings. The predicted octanol–water partition coefficient (Wildman–Crippen LogP) is 4.80. The largest absolute Gasteiger partial charge is 0.417 e. The number of benzene rings is 1. The first-order chi connectivity index (χ1) is 11.7. The van der Waals surface area contributed by atoms with Gasteiger partial charge in [-0.2, -0.15) is 13.2 Å². The fourth-order valence-electron chi connectivity index (χ4n) is 3.20. The topological polar surface area (TPSA) is 23.6 Å². The zero-order valence-electron chi connectivity index (χ0n) is 14.6. The summed E-state index contributed by atoms with van der Waals surface area (Å²) in [6, 6.07) is 3.65. The van der Waals surface area contributed by atoms with Gasteiger partial charge in [0.2, 0.25) is 0 Å². The molecule has 0 spiro atoms. The van der Waals surface area contributed by atoms with E-state index in [1.807, 2.05) is 6.92 Å². The van der Waals surface area contributed by atoms with Crippen LogP contribution in [0.4, 0.5) is 13.2 Å². The van der Waals surface area contributed by atoms with Crippen LogP contribution in [0.1, 0.15) is 48.5 Å². The zero-order chi connectivity index (χ0) is 18.6. The van der Waals surface area contributed by atoms with Crippen molar-refractivity contribution in [2.75, 3.05) is 26.7 Å². The van der Waals surface area contributed by atoms with Gasteiger partial charge in [0, 0.05) is 17.1 Å². The molecule has 0 radical (unpaired) electrons. The predicted molar refractivity (Wildman–Crippen MR) is 95.6 cm³/mol. The van der Waals surface area contributed by atoms with E-state index in [1.54, 1.807) is 0 Å². The molecule has 2 heterocycles. The van der Waals surface area contributed by atoms with Crippen LogP contribution < -0.4 is 0 Å². The van der Waals surface area contributed by atoms with Crippen LogP contribution in [0.5, 0.6) is 0 Å². The first kappa shape index (κ1) is 20.2. The van der Waals surface area contributed by atoms with Crippen molar-refractivity contribution in [3.8, 4) is 0 Å². The molecule has 3 nitrogen and oxygen atoms in total. The van der Waals surface area contributed by atoms with E-state index < -0.39 is 17.6 Å². The maximum absolute atomic E-state index is 13.0. The molecule has 0 saturated carbocycles. The summed E-state index contributed by atoms with van der Waals surface area (Å²) in [6.07, 6.45) is -0.0286. The maximum atomic E-state index is 13.0. The van der Waals surface area contributed by atoms with E-state index >= 15 is 0 Å². The van der Waals surface area contributed by atoms with Gasteiger partial charge < -0.3 is 9.80 Å². The summed E-state index contributed by atoms with van der Waals surface area (Å²) >= 11 is 3.01. The Labute approximate surface area is 155 Å². The van der Waals surface area contributed by atoms with E-state index in [-0.39, 0.29) is 11.6 Å². The van der Waals surface area contributed by atoms with Gasteiger partial charge in [0.05, 0.1) is 11.1 Å². The Morgan fingerprint density at radius 1 is 1.16 bits per heavy atom. The van der Waals surface area contributed by atoms with Gasteiger partial charge in [-0.25, -0.2) is 0 Å². The number of halogens is 4. The smallest absolute Gasteiger partial charge is 0.336 e. The minimum Gasteiger partial charge on any atom is -0.336 e. The summed E-state index contributed by atoms with van der Waals surface area (Å²) in [5, 5.41) is 0. The molecule has 3 rings (SSSR count). The average Bonchev–Trinajstić information content (AvgIpc) is 3.17. The summed E-state index contributed by atoms with van der Waals surface area (Å²) < 4.78 is 39.3. The second kappa shape index (κ2) is 8.54. The lowest BCUT2D eigenvalue weighted by Crippen LogP contribution is -2.34. The molecule has 1 amide bonds. The number of amides is 1. The van der Waals surface area contributed by atoms with Crippen LogP contribution in [0.25, 0.3) is 0 Å². The lowest BCUT2D eigenvalue weighted by atomic mass is 10.1. The molecule has 0 unspecified atom stereocenters. The van der Waals surface area contributed by atoms with E-state index in [9.17, 15) is 18.0 Å². The number of nitrogens with zero attached hydrogens (tertiary/aromatic N) is 2. The third-order valence-electron chi connectivity index (χ3n) is 4.66. The molecule has 2 aliphatic heterocycles. The molecule has 0 N–H and O–H groups in total. The quantitative estimate of drug-likeness (QED) is 0.650. The fraction of sp³-hybridized carbons (Fsp3) is 0.611. The van der Waals surface area contributed by atoms with Crippen molar-refractivity contribution in [3.63, 3.8) is 0 Å². The number of hydrogen-bond acceptors (Lipinski definition) is 2. The van der Waals surface area contributed by atoms with Crippen LogP contribution >= 0.6 is 15.9 Å². The molecular formula is C18H24BrF3N2O. The Kier molecular flexibility index (Phi) is 6.91. The number of rotatable bonds is 1. The Balaban J connectivity index is 0.000000316. The average molecular weight is 421 g/mol. The molecule has 2 aliphatic rings. The van der Waals surface area contributed by atoms with Crippen molar-refractivity contribution in [1.82, 2.24) is 9.80 Å². The first-order valence-electron chi connectivity index (χ1n) is 8.56. The third-order valence-corrected chi connectivity index (χ3v) is 5.15. The van der Waals surface area contributed by atoms with Crippen molar-refractivity contribution >= 4 is 21.8 Å². The standard InChI is InChI=1S/C13H13BrF3NO.C5H11N/c1-8-3-2-6-18(8)12(19)10-5-4-9(14)7-11(10)13(15,16)17;1-6-4-2-3-5-6/h4-5,7-8H,2-3,6H2,1H3;2-5H2,1H3/t8-;/m1./s1.